The summed E-state index contributed by atoms with van der Waals surface area (Å²) in [6.45, 7) is 0. The van der Waals surface area contributed by atoms with E-state index in [1.165, 1.54) is 12.1 Å². The van der Waals surface area contributed by atoms with Crippen LogP contribution in [0.3, 0.4) is 0 Å². The number of nitro groups is 1. The van der Waals surface area contributed by atoms with Gasteiger partial charge in [-0.25, -0.2) is 4.57 Å². The zero-order valence-electron chi connectivity index (χ0n) is 15.0. The fraction of sp³-hybridized carbons (Fsp3) is 0.0526. The molecule has 1 unspecified atom stereocenters. The molecule has 3 rings (SSSR count). The average Bonchev–Trinajstić information content (AvgIpc) is 2.69. The Morgan fingerprint density at radius 3 is 1.97 bits per heavy atom. The van der Waals surface area contributed by atoms with E-state index < -0.39 is 22.6 Å². The minimum atomic E-state index is -4.51. The largest absolute Gasteiger partial charge is 0.424 e. The van der Waals surface area contributed by atoms with E-state index in [4.69, 9.17) is 8.49 Å². The second kappa shape index (κ2) is 8.57. The number of hydrogen-bond donors (Lipinski definition) is 0. The second-order valence-corrected chi connectivity index (χ2v) is 9.64. The van der Waals surface area contributed by atoms with Crippen LogP contribution < -0.4 is 4.52 Å². The minimum Gasteiger partial charge on any atom is -0.424 e. The number of rotatable bonds is 8. The lowest BCUT2D eigenvalue weighted by Gasteiger charge is -2.19. The van der Waals surface area contributed by atoms with Crippen molar-refractivity contribution in [2.75, 3.05) is 0 Å². The van der Waals surface area contributed by atoms with Gasteiger partial charge in [0.1, 0.15) is 5.75 Å². The van der Waals surface area contributed by atoms with Gasteiger partial charge in [0, 0.05) is 12.1 Å². The first-order valence-electron chi connectivity index (χ1n) is 8.36. The molecular weight excluding hydrogens is 417 g/mol. The van der Waals surface area contributed by atoms with Crippen molar-refractivity contribution in [3.05, 3.63) is 101 Å². The van der Waals surface area contributed by atoms with Gasteiger partial charge >= 0.3 is 17.7 Å². The number of hydrogen-bond acceptors (Lipinski definition) is 7. The number of nitro benzene ring substituents is 1. The summed E-state index contributed by atoms with van der Waals surface area (Å²) in [5.74, 6) is 0.186. The summed E-state index contributed by atoms with van der Waals surface area (Å²) < 4.78 is 49.2. The molecule has 150 valence electrons. The Morgan fingerprint density at radius 1 is 0.862 bits per heavy atom. The van der Waals surface area contributed by atoms with Gasteiger partial charge in [0.2, 0.25) is 0 Å². The number of benzene rings is 3. The summed E-state index contributed by atoms with van der Waals surface area (Å²) in [6, 6.07) is 20.7. The molecule has 29 heavy (non-hydrogen) atoms. The first-order chi connectivity index (χ1) is 13.8. The van der Waals surface area contributed by atoms with Crippen LogP contribution in [0.15, 0.2) is 89.8 Å². The molecule has 0 spiro atoms. The fourth-order valence-electron chi connectivity index (χ4n) is 2.45. The summed E-state index contributed by atoms with van der Waals surface area (Å²) in [7, 11) is -8.71. The highest BCUT2D eigenvalue weighted by molar-refractivity contribution is 7.91. The van der Waals surface area contributed by atoms with Crippen molar-refractivity contribution in [1.29, 1.82) is 0 Å². The highest BCUT2D eigenvalue weighted by Crippen LogP contribution is 2.53. The molecule has 0 heterocycles. The molecule has 0 bridgehead atoms. The highest BCUT2D eigenvalue weighted by Gasteiger charge is 2.35. The summed E-state index contributed by atoms with van der Waals surface area (Å²) in [5.41, 5.74) is 0.280. The molecule has 0 radical (unpaired) electrons. The van der Waals surface area contributed by atoms with Crippen LogP contribution in [0.25, 0.3) is 0 Å². The van der Waals surface area contributed by atoms with Crippen LogP contribution >= 0.6 is 7.60 Å². The Kier molecular flexibility index (Phi) is 6.12. The Hall–Kier alpha value is -3.00. The van der Waals surface area contributed by atoms with Gasteiger partial charge in [0.05, 0.1) is 16.0 Å². The predicted molar refractivity (Wildman–Crippen MR) is 106 cm³/mol. The maximum absolute atomic E-state index is 13.4. The molecule has 0 aromatic heterocycles. The lowest BCUT2D eigenvalue weighted by Crippen LogP contribution is -2.10. The summed E-state index contributed by atoms with van der Waals surface area (Å²) >= 11 is 0. The van der Waals surface area contributed by atoms with Gasteiger partial charge in [-0.05, 0) is 29.8 Å². The number of para-hydroxylation sites is 1. The second-order valence-electron chi connectivity index (χ2n) is 5.94. The molecule has 0 fully saturated rings. The summed E-state index contributed by atoms with van der Waals surface area (Å²) in [4.78, 5) is 9.73. The van der Waals surface area contributed by atoms with Crippen LogP contribution in [0.4, 0.5) is 5.69 Å². The van der Waals surface area contributed by atoms with Crippen molar-refractivity contribution in [3.8, 4) is 5.75 Å². The first-order valence-corrected chi connectivity index (χ1v) is 11.5. The van der Waals surface area contributed by atoms with Crippen molar-refractivity contribution in [1.82, 2.24) is 0 Å². The van der Waals surface area contributed by atoms with Gasteiger partial charge < -0.3 is 4.52 Å². The zero-order chi connectivity index (χ0) is 20.9. The third kappa shape index (κ3) is 5.51. The van der Waals surface area contributed by atoms with E-state index in [-0.39, 0.29) is 22.5 Å². The molecule has 1 atom stereocenters. The highest BCUT2D eigenvalue weighted by atomic mass is 32.2. The van der Waals surface area contributed by atoms with E-state index in [2.05, 4.69) is 0 Å². The van der Waals surface area contributed by atoms with Crippen LogP contribution in [0, 0.1) is 10.1 Å². The van der Waals surface area contributed by atoms with Crippen LogP contribution in [0.1, 0.15) is 5.56 Å². The summed E-state index contributed by atoms with van der Waals surface area (Å²) in [6.07, 6.45) is -0.283. The molecule has 0 saturated heterocycles. The fourth-order valence-corrected chi connectivity index (χ4v) is 5.96. The molecule has 0 aliphatic carbocycles. The molecular formula is C19H16NO7PS. The summed E-state index contributed by atoms with van der Waals surface area (Å²) in [5, 5.41) is 10.8. The van der Waals surface area contributed by atoms with Crippen molar-refractivity contribution < 1.29 is 26.4 Å². The predicted octanol–water partition coefficient (Wildman–Crippen LogP) is 4.77. The van der Waals surface area contributed by atoms with Crippen LogP contribution in [0.2, 0.25) is 0 Å². The number of nitrogens with zero attached hydrogens (tertiary/aromatic N) is 1. The molecule has 10 heteroatoms. The molecule has 3 aromatic carbocycles. The average molecular weight is 433 g/mol. The van der Waals surface area contributed by atoms with E-state index in [9.17, 15) is 23.1 Å². The lowest BCUT2D eigenvalue weighted by atomic mass is 10.2. The quantitative estimate of drug-likeness (QED) is 0.286. The van der Waals surface area contributed by atoms with Crippen molar-refractivity contribution in [3.63, 3.8) is 0 Å². The van der Waals surface area contributed by atoms with Gasteiger partial charge in [-0.15, -0.1) is 0 Å². The van der Waals surface area contributed by atoms with Crippen molar-refractivity contribution in [2.24, 2.45) is 0 Å². The van der Waals surface area contributed by atoms with Crippen molar-refractivity contribution in [2.45, 2.75) is 11.1 Å². The SMILES string of the molecule is O=[N+]([O-])c1ccc(S(=O)(=O)OP(=O)(Cc2ccccc2)Oc2ccccc2)cc1. The van der Waals surface area contributed by atoms with Crippen LogP contribution in [0.5, 0.6) is 5.75 Å². The molecule has 0 N–H and O–H groups in total. The Labute approximate surface area is 167 Å². The van der Waals surface area contributed by atoms with Gasteiger partial charge in [-0.3, -0.25) is 10.1 Å². The molecule has 8 nitrogen and oxygen atoms in total. The van der Waals surface area contributed by atoms with E-state index >= 15 is 0 Å². The lowest BCUT2D eigenvalue weighted by molar-refractivity contribution is -0.384. The minimum absolute atomic E-state index is 0.186. The normalized spacial score (nSPS) is 13.4. The maximum atomic E-state index is 13.4. The zero-order valence-corrected chi connectivity index (χ0v) is 16.7. The molecule has 0 amide bonds. The number of non-ortho nitro benzene ring substituents is 1. The van der Waals surface area contributed by atoms with E-state index in [1.807, 2.05) is 0 Å². The standard InChI is InChI=1S/C19H16NO7PS/c21-20(22)17-11-13-19(14-12-17)29(24,25)27-28(23,15-16-7-3-1-4-8-16)26-18-9-5-2-6-10-18/h1-14H,15H2. The molecule has 0 saturated carbocycles. The maximum Gasteiger partial charge on any atom is 0.398 e. The van der Waals surface area contributed by atoms with Crippen LogP contribution in [-0.2, 0) is 24.8 Å². The topological polar surface area (TPSA) is 113 Å². The Morgan fingerprint density at radius 2 is 1.41 bits per heavy atom. The van der Waals surface area contributed by atoms with Gasteiger partial charge in [0.25, 0.3) is 5.69 Å². The van der Waals surface area contributed by atoms with Crippen molar-refractivity contribution >= 4 is 23.4 Å². The molecule has 0 aliphatic heterocycles. The van der Waals surface area contributed by atoms with E-state index in [0.717, 1.165) is 24.3 Å². The van der Waals surface area contributed by atoms with Gasteiger partial charge in [-0.2, -0.15) is 12.4 Å². The van der Waals surface area contributed by atoms with E-state index in [1.54, 1.807) is 48.5 Å². The third-order valence-corrected chi connectivity index (χ3v) is 7.54. The monoisotopic (exact) mass is 433 g/mol. The van der Waals surface area contributed by atoms with Crippen LogP contribution in [-0.4, -0.2) is 13.3 Å². The first kappa shape index (κ1) is 20.7. The molecule has 0 aliphatic rings. The van der Waals surface area contributed by atoms with Gasteiger partial charge in [0.15, 0.2) is 0 Å². The van der Waals surface area contributed by atoms with E-state index in [0.29, 0.717) is 5.56 Å². The Balaban J connectivity index is 1.92. The smallest absolute Gasteiger partial charge is 0.398 e. The Bertz CT molecular complexity index is 1090. The van der Waals surface area contributed by atoms with Gasteiger partial charge in [-0.1, -0.05) is 48.5 Å². The molecule has 3 aromatic rings. The third-order valence-electron chi connectivity index (χ3n) is 3.75.